The molecule has 86 valence electrons. The van der Waals surface area contributed by atoms with Crippen molar-refractivity contribution in [3.05, 3.63) is 0 Å². The van der Waals surface area contributed by atoms with Crippen LogP contribution in [0.5, 0.6) is 0 Å². The summed E-state index contributed by atoms with van der Waals surface area (Å²) in [6.07, 6.45) is 8.15. The van der Waals surface area contributed by atoms with Gasteiger partial charge >= 0.3 is 0 Å². The lowest BCUT2D eigenvalue weighted by atomic mass is 9.86. The van der Waals surface area contributed by atoms with E-state index in [-0.39, 0.29) is 0 Å². The molecule has 1 heteroatoms. The van der Waals surface area contributed by atoms with E-state index in [9.17, 15) is 0 Å². The Morgan fingerprint density at radius 3 is 2.14 bits per heavy atom. The van der Waals surface area contributed by atoms with E-state index in [0.29, 0.717) is 11.5 Å². The van der Waals surface area contributed by atoms with Crippen LogP contribution in [0.1, 0.15) is 66.2 Å². The Bertz CT molecular complexity index is 124. The first kappa shape index (κ1) is 14.0. The second-order valence-corrected chi connectivity index (χ2v) is 5.60. The summed E-state index contributed by atoms with van der Waals surface area (Å²) in [7, 11) is 2.09. The Balaban J connectivity index is 3.58. The minimum Gasteiger partial charge on any atom is -0.317 e. The van der Waals surface area contributed by atoms with Crippen molar-refractivity contribution in [3.63, 3.8) is 0 Å². The molecule has 0 rings (SSSR count). The Kier molecular flexibility index (Phi) is 7.26. The quantitative estimate of drug-likeness (QED) is 0.612. The molecule has 0 aliphatic carbocycles. The fraction of sp³-hybridized carbons (Fsp3) is 1.00. The van der Waals surface area contributed by atoms with Gasteiger partial charge in [0.2, 0.25) is 0 Å². The molecule has 0 fully saturated rings. The number of unbranched alkanes of at least 4 members (excludes halogenated alkanes) is 3. The molecule has 1 nitrogen and oxygen atoms in total. The van der Waals surface area contributed by atoms with Gasteiger partial charge in [0.05, 0.1) is 0 Å². The molecule has 1 N–H and O–H groups in total. The summed E-state index contributed by atoms with van der Waals surface area (Å²) in [4.78, 5) is 0. The lowest BCUT2D eigenvalue weighted by Crippen LogP contribution is -2.29. The predicted octanol–water partition coefficient (Wildman–Crippen LogP) is 3.98. The normalized spacial score (nSPS) is 14.4. The number of nitrogens with one attached hydrogen (secondary N) is 1. The van der Waals surface area contributed by atoms with Gasteiger partial charge in [-0.1, -0.05) is 53.4 Å². The van der Waals surface area contributed by atoms with Crippen LogP contribution >= 0.6 is 0 Å². The van der Waals surface area contributed by atoms with Crippen LogP contribution in [0.3, 0.4) is 0 Å². The summed E-state index contributed by atoms with van der Waals surface area (Å²) in [6, 6.07) is 0.715. The van der Waals surface area contributed by atoms with E-state index < -0.39 is 0 Å². The van der Waals surface area contributed by atoms with E-state index in [1.54, 1.807) is 0 Å². The second kappa shape index (κ2) is 7.28. The maximum absolute atomic E-state index is 3.44. The van der Waals surface area contributed by atoms with Gasteiger partial charge < -0.3 is 5.32 Å². The molecule has 0 saturated heterocycles. The number of rotatable bonds is 7. The smallest absolute Gasteiger partial charge is 0.00690 e. The van der Waals surface area contributed by atoms with Crippen LogP contribution in [0.25, 0.3) is 0 Å². The highest BCUT2D eigenvalue weighted by molar-refractivity contribution is 4.73. The first-order valence-electron chi connectivity index (χ1n) is 6.17. The van der Waals surface area contributed by atoms with Crippen LogP contribution in [0.4, 0.5) is 0 Å². The summed E-state index contributed by atoms with van der Waals surface area (Å²) < 4.78 is 0. The first-order chi connectivity index (χ1) is 6.49. The molecule has 0 amide bonds. The SMILES string of the molecule is CCCCCCC(CC(C)(C)C)NC. The monoisotopic (exact) mass is 199 g/mol. The molecule has 0 aromatic heterocycles. The maximum atomic E-state index is 3.44. The third-order valence-electron chi connectivity index (χ3n) is 2.67. The van der Waals surface area contributed by atoms with Crippen LogP contribution in [-0.2, 0) is 0 Å². The summed E-state index contributed by atoms with van der Waals surface area (Å²) in [5, 5.41) is 3.44. The van der Waals surface area contributed by atoms with Gasteiger partial charge in [0, 0.05) is 6.04 Å². The molecule has 0 heterocycles. The van der Waals surface area contributed by atoms with Gasteiger partial charge in [0.15, 0.2) is 0 Å². The molecule has 0 spiro atoms. The molecule has 0 aliphatic rings. The van der Waals surface area contributed by atoms with Gasteiger partial charge in [-0.05, 0) is 25.3 Å². The highest BCUT2D eigenvalue weighted by Gasteiger charge is 2.16. The molecular weight excluding hydrogens is 170 g/mol. The second-order valence-electron chi connectivity index (χ2n) is 5.60. The summed E-state index contributed by atoms with van der Waals surface area (Å²) in [5.74, 6) is 0. The molecule has 0 aliphatic heterocycles. The van der Waals surface area contributed by atoms with Crippen molar-refractivity contribution in [3.8, 4) is 0 Å². The van der Waals surface area contributed by atoms with Gasteiger partial charge in [-0.15, -0.1) is 0 Å². The van der Waals surface area contributed by atoms with E-state index in [0.717, 1.165) is 0 Å². The molecule has 0 saturated carbocycles. The third kappa shape index (κ3) is 8.55. The minimum atomic E-state index is 0.457. The van der Waals surface area contributed by atoms with Crippen molar-refractivity contribution in [1.82, 2.24) is 5.32 Å². The first-order valence-corrected chi connectivity index (χ1v) is 6.17. The van der Waals surface area contributed by atoms with Crippen molar-refractivity contribution in [2.45, 2.75) is 72.3 Å². The summed E-state index contributed by atoms with van der Waals surface area (Å²) in [6.45, 7) is 9.24. The lowest BCUT2D eigenvalue weighted by Gasteiger charge is -2.25. The topological polar surface area (TPSA) is 12.0 Å². The minimum absolute atomic E-state index is 0.457. The lowest BCUT2D eigenvalue weighted by molar-refractivity contribution is 0.303. The van der Waals surface area contributed by atoms with E-state index in [1.807, 2.05) is 0 Å². The molecule has 0 bridgehead atoms. The molecule has 1 atom stereocenters. The highest BCUT2D eigenvalue weighted by Crippen LogP contribution is 2.23. The predicted molar refractivity (Wildman–Crippen MR) is 65.7 cm³/mol. The van der Waals surface area contributed by atoms with E-state index in [4.69, 9.17) is 0 Å². The zero-order chi connectivity index (χ0) is 11.0. The van der Waals surface area contributed by atoms with E-state index in [2.05, 4.69) is 40.1 Å². The fourth-order valence-corrected chi connectivity index (χ4v) is 1.91. The molecular formula is C13H29N. The summed E-state index contributed by atoms with van der Waals surface area (Å²) >= 11 is 0. The average Bonchev–Trinajstić information content (AvgIpc) is 2.08. The Hall–Kier alpha value is -0.0400. The average molecular weight is 199 g/mol. The van der Waals surface area contributed by atoms with Crippen molar-refractivity contribution in [2.75, 3.05) is 7.05 Å². The molecule has 0 aromatic carbocycles. The van der Waals surface area contributed by atoms with Crippen LogP contribution in [-0.4, -0.2) is 13.1 Å². The van der Waals surface area contributed by atoms with E-state index >= 15 is 0 Å². The molecule has 0 aromatic rings. The number of hydrogen-bond acceptors (Lipinski definition) is 1. The molecule has 14 heavy (non-hydrogen) atoms. The highest BCUT2D eigenvalue weighted by atomic mass is 14.9. The van der Waals surface area contributed by atoms with Crippen LogP contribution in [0.2, 0.25) is 0 Å². The van der Waals surface area contributed by atoms with Crippen LogP contribution < -0.4 is 5.32 Å². The van der Waals surface area contributed by atoms with Crippen molar-refractivity contribution in [2.24, 2.45) is 5.41 Å². The van der Waals surface area contributed by atoms with Crippen LogP contribution in [0, 0.1) is 5.41 Å². The maximum Gasteiger partial charge on any atom is 0.00690 e. The van der Waals surface area contributed by atoms with Gasteiger partial charge in [-0.3, -0.25) is 0 Å². The van der Waals surface area contributed by atoms with Gasteiger partial charge in [-0.25, -0.2) is 0 Å². The van der Waals surface area contributed by atoms with E-state index in [1.165, 1.54) is 38.5 Å². The van der Waals surface area contributed by atoms with Gasteiger partial charge in [-0.2, -0.15) is 0 Å². The Morgan fingerprint density at radius 2 is 1.71 bits per heavy atom. The van der Waals surface area contributed by atoms with Crippen LogP contribution in [0.15, 0.2) is 0 Å². The number of hydrogen-bond donors (Lipinski definition) is 1. The van der Waals surface area contributed by atoms with Gasteiger partial charge in [0.25, 0.3) is 0 Å². The molecule has 1 unspecified atom stereocenters. The van der Waals surface area contributed by atoms with Crippen molar-refractivity contribution in [1.29, 1.82) is 0 Å². The Labute approximate surface area is 90.7 Å². The Morgan fingerprint density at radius 1 is 1.07 bits per heavy atom. The van der Waals surface area contributed by atoms with Crippen molar-refractivity contribution < 1.29 is 0 Å². The van der Waals surface area contributed by atoms with Gasteiger partial charge in [0.1, 0.15) is 0 Å². The summed E-state index contributed by atoms with van der Waals surface area (Å²) in [5.41, 5.74) is 0.457. The molecule has 0 radical (unpaired) electrons. The largest absolute Gasteiger partial charge is 0.317 e. The third-order valence-corrected chi connectivity index (χ3v) is 2.67. The van der Waals surface area contributed by atoms with Crippen molar-refractivity contribution >= 4 is 0 Å². The zero-order valence-corrected chi connectivity index (χ0v) is 10.8. The fourth-order valence-electron chi connectivity index (χ4n) is 1.91. The standard InChI is InChI=1S/C13H29N/c1-6-7-8-9-10-12(14-5)11-13(2,3)4/h12,14H,6-11H2,1-5H3. The zero-order valence-electron chi connectivity index (χ0n) is 10.8.